The first-order valence-corrected chi connectivity index (χ1v) is 6.91. The maximum absolute atomic E-state index is 5.94. The second-order valence-electron chi connectivity index (χ2n) is 4.57. The van der Waals surface area contributed by atoms with Crippen LogP contribution in [-0.4, -0.2) is 50.4 Å². The topological polar surface area (TPSA) is 57.0 Å². The van der Waals surface area contributed by atoms with Gasteiger partial charge >= 0.3 is 0 Å². The lowest BCUT2D eigenvalue weighted by molar-refractivity contribution is 0.0288. The number of morpholine rings is 1. The van der Waals surface area contributed by atoms with E-state index in [-0.39, 0.29) is 6.04 Å². The Bertz CT molecular complexity index is 475. The van der Waals surface area contributed by atoms with Crippen LogP contribution in [0.3, 0.4) is 0 Å². The van der Waals surface area contributed by atoms with Crippen LogP contribution in [0.4, 0.5) is 0 Å². The minimum Gasteiger partial charge on any atom is -0.493 e. The molecule has 2 N–H and O–H groups in total. The number of nitrogens with two attached hydrogens (primary N) is 1. The Morgan fingerprint density at radius 2 is 1.90 bits per heavy atom. The highest BCUT2D eigenvalue weighted by atomic mass is 32.1. The third kappa shape index (κ3) is 3.20. The van der Waals surface area contributed by atoms with Gasteiger partial charge in [0.15, 0.2) is 11.5 Å². The highest BCUT2D eigenvalue weighted by Gasteiger charge is 2.25. The second kappa shape index (κ2) is 6.88. The van der Waals surface area contributed by atoms with Crippen LogP contribution < -0.4 is 15.2 Å². The summed E-state index contributed by atoms with van der Waals surface area (Å²) in [5.74, 6) is 1.37. The first-order valence-electron chi connectivity index (χ1n) is 6.50. The van der Waals surface area contributed by atoms with Crippen molar-refractivity contribution in [2.45, 2.75) is 6.04 Å². The molecule has 1 aliphatic heterocycles. The van der Waals surface area contributed by atoms with Crippen LogP contribution in [0.25, 0.3) is 0 Å². The summed E-state index contributed by atoms with van der Waals surface area (Å²) in [6.07, 6.45) is 0. The number of thiocarbonyl (C=S) groups is 1. The fraction of sp³-hybridized carbons (Fsp3) is 0.500. The molecular weight excluding hydrogens is 276 g/mol. The first kappa shape index (κ1) is 15.0. The van der Waals surface area contributed by atoms with Crippen molar-refractivity contribution >= 4 is 17.2 Å². The van der Waals surface area contributed by atoms with E-state index in [2.05, 4.69) is 4.90 Å². The van der Waals surface area contributed by atoms with Gasteiger partial charge in [-0.05, 0) is 17.7 Å². The molecule has 0 radical (unpaired) electrons. The second-order valence-corrected chi connectivity index (χ2v) is 5.04. The van der Waals surface area contributed by atoms with Crippen molar-refractivity contribution in [1.29, 1.82) is 0 Å². The van der Waals surface area contributed by atoms with Gasteiger partial charge in [0.2, 0.25) is 0 Å². The van der Waals surface area contributed by atoms with Crippen LogP contribution in [0, 0.1) is 0 Å². The zero-order chi connectivity index (χ0) is 14.5. The van der Waals surface area contributed by atoms with E-state index in [4.69, 9.17) is 32.2 Å². The molecule has 110 valence electrons. The predicted octanol–water partition coefficient (Wildman–Crippen LogP) is 1.36. The van der Waals surface area contributed by atoms with Gasteiger partial charge in [-0.2, -0.15) is 0 Å². The molecule has 0 aromatic heterocycles. The molecule has 1 atom stereocenters. The van der Waals surface area contributed by atoms with Crippen molar-refractivity contribution in [3.63, 3.8) is 0 Å². The number of ether oxygens (including phenoxy) is 3. The Kier molecular flexibility index (Phi) is 5.17. The normalized spacial score (nSPS) is 17.5. The number of hydrogen-bond acceptors (Lipinski definition) is 5. The molecule has 1 aromatic carbocycles. The highest BCUT2D eigenvalue weighted by molar-refractivity contribution is 7.80. The van der Waals surface area contributed by atoms with Crippen molar-refractivity contribution in [2.24, 2.45) is 5.73 Å². The molecule has 0 aliphatic carbocycles. The zero-order valence-electron chi connectivity index (χ0n) is 11.8. The summed E-state index contributed by atoms with van der Waals surface area (Å²) in [6, 6.07) is 5.67. The number of rotatable bonds is 5. The summed E-state index contributed by atoms with van der Waals surface area (Å²) in [5, 5.41) is 0. The molecule has 1 aromatic rings. The summed E-state index contributed by atoms with van der Waals surface area (Å²) in [6.45, 7) is 3.03. The van der Waals surface area contributed by atoms with E-state index in [1.165, 1.54) is 0 Å². The fourth-order valence-corrected chi connectivity index (χ4v) is 2.70. The molecule has 1 heterocycles. The van der Waals surface area contributed by atoms with Gasteiger partial charge in [0, 0.05) is 13.1 Å². The fourth-order valence-electron chi connectivity index (χ4n) is 2.41. The molecule has 20 heavy (non-hydrogen) atoms. The van der Waals surface area contributed by atoms with E-state index in [0.29, 0.717) is 29.7 Å². The van der Waals surface area contributed by atoms with Crippen LogP contribution >= 0.6 is 12.2 Å². The summed E-state index contributed by atoms with van der Waals surface area (Å²) in [7, 11) is 3.23. The van der Waals surface area contributed by atoms with Crippen molar-refractivity contribution in [1.82, 2.24) is 4.90 Å². The Morgan fingerprint density at radius 1 is 1.25 bits per heavy atom. The zero-order valence-corrected chi connectivity index (χ0v) is 12.6. The minimum atomic E-state index is -0.103. The predicted molar refractivity (Wildman–Crippen MR) is 81.5 cm³/mol. The third-order valence-electron chi connectivity index (χ3n) is 3.40. The van der Waals surface area contributed by atoms with E-state index in [1.54, 1.807) is 14.2 Å². The molecule has 2 rings (SSSR count). The van der Waals surface area contributed by atoms with Crippen molar-refractivity contribution < 1.29 is 14.2 Å². The third-order valence-corrected chi connectivity index (χ3v) is 3.63. The molecule has 0 spiro atoms. The first-order chi connectivity index (χ1) is 9.67. The number of benzene rings is 1. The highest BCUT2D eigenvalue weighted by Crippen LogP contribution is 2.32. The average molecular weight is 296 g/mol. The minimum absolute atomic E-state index is 0.103. The molecule has 1 fully saturated rings. The molecule has 1 unspecified atom stereocenters. The van der Waals surface area contributed by atoms with Gasteiger partial charge in [0.1, 0.15) is 0 Å². The summed E-state index contributed by atoms with van der Waals surface area (Å²) >= 11 is 5.24. The number of nitrogens with zero attached hydrogens (tertiary/aromatic N) is 1. The SMILES string of the molecule is COc1ccc(C(C(N)=S)N2CCOCC2)cc1OC. The van der Waals surface area contributed by atoms with Gasteiger partial charge in [-0.3, -0.25) is 4.90 Å². The molecule has 1 aliphatic rings. The molecule has 1 saturated heterocycles. The molecule has 6 heteroatoms. The smallest absolute Gasteiger partial charge is 0.161 e. The molecule has 0 saturated carbocycles. The van der Waals surface area contributed by atoms with Gasteiger partial charge < -0.3 is 19.9 Å². The lowest BCUT2D eigenvalue weighted by atomic mass is 10.0. The lowest BCUT2D eigenvalue weighted by Gasteiger charge is -2.34. The van der Waals surface area contributed by atoms with Gasteiger partial charge in [-0.1, -0.05) is 18.3 Å². The van der Waals surface area contributed by atoms with Crippen LogP contribution in [-0.2, 0) is 4.74 Å². The van der Waals surface area contributed by atoms with Crippen LogP contribution in [0.2, 0.25) is 0 Å². The maximum atomic E-state index is 5.94. The van der Waals surface area contributed by atoms with Crippen molar-refractivity contribution in [3.8, 4) is 11.5 Å². The van der Waals surface area contributed by atoms with E-state index in [1.807, 2.05) is 18.2 Å². The van der Waals surface area contributed by atoms with Crippen LogP contribution in [0.15, 0.2) is 18.2 Å². The van der Waals surface area contributed by atoms with E-state index >= 15 is 0 Å². The molecule has 0 amide bonds. The largest absolute Gasteiger partial charge is 0.493 e. The molecule has 5 nitrogen and oxygen atoms in total. The quantitative estimate of drug-likeness (QED) is 0.828. The monoisotopic (exact) mass is 296 g/mol. The molecular formula is C14H20N2O3S. The Balaban J connectivity index is 2.31. The summed E-state index contributed by atoms with van der Waals surface area (Å²) < 4.78 is 16.0. The maximum Gasteiger partial charge on any atom is 0.161 e. The lowest BCUT2D eigenvalue weighted by Crippen LogP contribution is -2.43. The Labute approximate surface area is 124 Å². The van der Waals surface area contributed by atoms with Gasteiger partial charge in [-0.25, -0.2) is 0 Å². The molecule has 0 bridgehead atoms. The van der Waals surface area contributed by atoms with Crippen molar-refractivity contribution in [2.75, 3.05) is 40.5 Å². The Hall–Kier alpha value is -1.37. The van der Waals surface area contributed by atoms with Gasteiger partial charge in [-0.15, -0.1) is 0 Å². The summed E-state index contributed by atoms with van der Waals surface area (Å²) in [5.41, 5.74) is 6.95. The standard InChI is InChI=1S/C14H20N2O3S/c1-17-11-4-3-10(9-12(11)18-2)13(14(15)20)16-5-7-19-8-6-16/h3-4,9,13H,5-8H2,1-2H3,(H2,15,20). The summed E-state index contributed by atoms with van der Waals surface area (Å²) in [4.78, 5) is 2.69. The number of methoxy groups -OCH3 is 2. The van der Waals surface area contributed by atoms with Crippen LogP contribution in [0.1, 0.15) is 11.6 Å². The van der Waals surface area contributed by atoms with Gasteiger partial charge in [0.05, 0.1) is 38.5 Å². The van der Waals surface area contributed by atoms with E-state index in [0.717, 1.165) is 18.7 Å². The van der Waals surface area contributed by atoms with Crippen LogP contribution in [0.5, 0.6) is 11.5 Å². The van der Waals surface area contributed by atoms with E-state index < -0.39 is 0 Å². The van der Waals surface area contributed by atoms with Crippen molar-refractivity contribution in [3.05, 3.63) is 23.8 Å². The Morgan fingerprint density at radius 3 is 2.45 bits per heavy atom. The van der Waals surface area contributed by atoms with E-state index in [9.17, 15) is 0 Å². The van der Waals surface area contributed by atoms with Gasteiger partial charge in [0.25, 0.3) is 0 Å². The number of hydrogen-bond donors (Lipinski definition) is 1. The average Bonchev–Trinajstić information content (AvgIpc) is 2.48.